The van der Waals surface area contributed by atoms with E-state index >= 15 is 0 Å². The lowest BCUT2D eigenvalue weighted by Gasteiger charge is -2.15. The van der Waals surface area contributed by atoms with Crippen molar-refractivity contribution in [3.05, 3.63) is 5.82 Å². The van der Waals surface area contributed by atoms with E-state index in [1.807, 2.05) is 11.6 Å². The third-order valence-corrected chi connectivity index (χ3v) is 10.5. The first kappa shape index (κ1) is 57.8. The van der Waals surface area contributed by atoms with Gasteiger partial charge in [-0.15, -0.1) is 10.2 Å². The number of nitrogens with one attached hydrogen (secondary N) is 4. The highest BCUT2D eigenvalue weighted by Crippen LogP contribution is 2.17. The molecule has 0 aliphatic rings. The summed E-state index contributed by atoms with van der Waals surface area (Å²) in [4.78, 5) is 105. The van der Waals surface area contributed by atoms with E-state index in [1.165, 1.54) is 0 Å². The molecular formula is C39H65N7O16S. The zero-order valence-electron chi connectivity index (χ0n) is 36.4. The molecule has 358 valence electrons. The molecule has 0 spiro atoms. The number of aromatic amines is 1. The van der Waals surface area contributed by atoms with E-state index in [9.17, 15) is 61.8 Å². The molecule has 3 unspecified atom stereocenters. The Kier molecular flexibility index (Phi) is 31.4. The molecule has 1 rings (SSSR count). The normalized spacial score (nSPS) is 12.4. The Balaban J connectivity index is 0.00000161. The van der Waals surface area contributed by atoms with E-state index < -0.39 is 75.6 Å². The van der Waals surface area contributed by atoms with Gasteiger partial charge in [-0.1, -0.05) is 25.0 Å². The number of sulfonamides is 1. The van der Waals surface area contributed by atoms with Gasteiger partial charge < -0.3 is 35.4 Å². The molecule has 7 N–H and O–H groups in total. The molecule has 0 radical (unpaired) electrons. The quantitative estimate of drug-likeness (QED) is 0.0462. The maximum atomic E-state index is 12.4. The van der Waals surface area contributed by atoms with Crippen LogP contribution in [-0.2, 0) is 69.1 Å². The van der Waals surface area contributed by atoms with Gasteiger partial charge in [-0.25, -0.2) is 13.2 Å². The van der Waals surface area contributed by atoms with Gasteiger partial charge in [-0.05, 0) is 52.4 Å². The van der Waals surface area contributed by atoms with Crippen LogP contribution in [0, 0.1) is 11.8 Å². The van der Waals surface area contributed by atoms with Crippen molar-refractivity contribution < 1.29 is 76.4 Å². The summed E-state index contributed by atoms with van der Waals surface area (Å²) in [6, 6.07) is -1.47. The summed E-state index contributed by atoms with van der Waals surface area (Å²) in [5.74, 6) is -7.98. The van der Waals surface area contributed by atoms with Gasteiger partial charge in [0.1, 0.15) is 24.2 Å². The summed E-state index contributed by atoms with van der Waals surface area (Å²) in [6.07, 6.45) is 2.63. The van der Waals surface area contributed by atoms with Crippen LogP contribution in [0.2, 0.25) is 0 Å². The van der Waals surface area contributed by atoms with Crippen LogP contribution in [0.5, 0.6) is 0 Å². The van der Waals surface area contributed by atoms with E-state index in [-0.39, 0.29) is 88.4 Å². The summed E-state index contributed by atoms with van der Waals surface area (Å²) in [5, 5.41) is 45.7. The molecular weight excluding hydrogens is 855 g/mol. The predicted molar refractivity (Wildman–Crippen MR) is 222 cm³/mol. The maximum Gasteiger partial charge on any atom is 0.326 e. The number of tetrazole rings is 1. The Morgan fingerprint density at radius 2 is 1.32 bits per heavy atom. The van der Waals surface area contributed by atoms with Gasteiger partial charge in [0.2, 0.25) is 27.7 Å². The van der Waals surface area contributed by atoms with Crippen molar-refractivity contribution >= 4 is 63.0 Å². The smallest absolute Gasteiger partial charge is 0.326 e. The third-order valence-electron chi connectivity index (χ3n) is 9.13. The minimum absolute atomic E-state index is 0.00865. The van der Waals surface area contributed by atoms with Gasteiger partial charge in [-0.3, -0.25) is 43.1 Å². The van der Waals surface area contributed by atoms with Gasteiger partial charge in [-0.2, -0.15) is 5.21 Å². The molecule has 0 fully saturated rings. The number of Topliss-reactive ketones (excluding diaryl/α,β-unsaturated/α-hetero) is 3. The Bertz CT molecular complexity index is 1690. The van der Waals surface area contributed by atoms with Crippen LogP contribution in [0.25, 0.3) is 0 Å². The van der Waals surface area contributed by atoms with Gasteiger partial charge in [0, 0.05) is 77.5 Å². The summed E-state index contributed by atoms with van der Waals surface area (Å²) in [6.45, 7) is 6.94. The van der Waals surface area contributed by atoms with E-state index in [0.29, 0.717) is 51.3 Å². The topological polar surface area (TPSA) is 357 Å². The van der Waals surface area contributed by atoms with Crippen LogP contribution >= 0.6 is 0 Å². The third kappa shape index (κ3) is 31.3. The van der Waals surface area contributed by atoms with Crippen molar-refractivity contribution in [2.45, 2.75) is 136 Å². The highest BCUT2D eigenvalue weighted by Gasteiger charge is 2.26. The maximum absolute atomic E-state index is 12.4. The number of H-pyrrole nitrogens is 1. The largest absolute Gasteiger partial charge is 0.481 e. The molecule has 0 aliphatic heterocycles. The van der Waals surface area contributed by atoms with E-state index in [4.69, 9.17) is 14.6 Å². The first-order valence-electron chi connectivity index (χ1n) is 21.0. The van der Waals surface area contributed by atoms with Crippen LogP contribution < -0.4 is 15.4 Å². The van der Waals surface area contributed by atoms with Crippen LogP contribution in [-0.4, -0.2) is 142 Å². The number of aromatic nitrogens is 4. The molecule has 0 aromatic carbocycles. The Labute approximate surface area is 367 Å². The number of aryl methyl sites for hydroxylation is 1. The lowest BCUT2D eigenvalue weighted by atomic mass is 9.94. The molecule has 1 aromatic rings. The number of carboxylic acid groups (broad SMARTS) is 3. The second kappa shape index (κ2) is 34.3. The molecule has 0 saturated carbocycles. The van der Waals surface area contributed by atoms with E-state index in [0.717, 1.165) is 19.3 Å². The lowest BCUT2D eigenvalue weighted by Crippen LogP contribution is -2.41. The first-order valence-corrected chi connectivity index (χ1v) is 22.7. The van der Waals surface area contributed by atoms with Crippen molar-refractivity contribution in [1.82, 2.24) is 36.0 Å². The van der Waals surface area contributed by atoms with Crippen molar-refractivity contribution in [3.8, 4) is 0 Å². The summed E-state index contributed by atoms with van der Waals surface area (Å²) >= 11 is 0. The van der Waals surface area contributed by atoms with Crippen LogP contribution in [0.15, 0.2) is 0 Å². The second-order valence-corrected chi connectivity index (χ2v) is 16.2. The zero-order valence-corrected chi connectivity index (χ0v) is 37.2. The molecule has 0 aliphatic carbocycles. The Morgan fingerprint density at radius 1 is 0.667 bits per heavy atom. The number of hydrogen-bond donors (Lipinski definition) is 7. The molecule has 63 heavy (non-hydrogen) atoms. The van der Waals surface area contributed by atoms with Crippen molar-refractivity contribution in [2.75, 3.05) is 38.7 Å². The molecule has 0 saturated heterocycles. The summed E-state index contributed by atoms with van der Waals surface area (Å²) in [7, 11) is -4.03. The SMILES string of the molecule is CCOCC(=O)CC(CCCCCC(=O)CC)C(=O)O.CCOCCNC(=O)CCC(CC(=O)CCC(NC(=O)CCCS(=O)(=O)NC(=O)CCCc1nn[nH]n1)C(=O)O)C(=O)O. The fourth-order valence-corrected chi connectivity index (χ4v) is 6.72. The number of unbranched alkanes of at least 4 members (excludes halogenated alkanes) is 2. The molecule has 3 atom stereocenters. The van der Waals surface area contributed by atoms with Gasteiger partial charge in [0.15, 0.2) is 11.6 Å². The minimum atomic E-state index is -4.03. The number of aliphatic carboxylic acids is 3. The number of rotatable bonds is 37. The number of hydrogen-bond acceptors (Lipinski definition) is 16. The molecule has 1 heterocycles. The van der Waals surface area contributed by atoms with E-state index in [2.05, 4.69) is 31.3 Å². The standard InChI is InChI=1S/C24H39N7O11S.C15H26O5/c1-2-42-13-12-25-20(33)11-8-16(23(36)37)15-17(32)9-10-18(24(38)39)26-21(34)7-4-14-43(40,41)29-22(35)6-3-5-19-27-30-31-28-19;1-3-13(16)9-7-5-6-8-12(15(18)19)10-14(17)11-20-4-2/h16,18H,2-15H2,1H3,(H,25,33)(H,26,34)(H,29,35)(H,36,37)(H,38,39)(H,27,28,30,31);12H,3-11H2,1-2H3,(H,18,19). The highest BCUT2D eigenvalue weighted by atomic mass is 32.2. The van der Waals surface area contributed by atoms with Crippen molar-refractivity contribution in [1.29, 1.82) is 0 Å². The fraction of sp³-hybridized carbons (Fsp3) is 0.744. The molecule has 23 nitrogen and oxygen atoms in total. The summed E-state index contributed by atoms with van der Waals surface area (Å²) < 4.78 is 36.2. The van der Waals surface area contributed by atoms with Gasteiger partial charge in [0.05, 0.1) is 24.2 Å². The predicted octanol–water partition coefficient (Wildman–Crippen LogP) is 1.30. The van der Waals surface area contributed by atoms with Crippen LogP contribution in [0.3, 0.4) is 0 Å². The van der Waals surface area contributed by atoms with Crippen LogP contribution in [0.4, 0.5) is 0 Å². The first-order chi connectivity index (χ1) is 29.8. The molecule has 1 aromatic heterocycles. The highest BCUT2D eigenvalue weighted by molar-refractivity contribution is 7.90. The van der Waals surface area contributed by atoms with Gasteiger partial charge in [0.25, 0.3) is 0 Å². The lowest BCUT2D eigenvalue weighted by molar-refractivity contribution is -0.145. The number of ketones is 3. The second-order valence-electron chi connectivity index (χ2n) is 14.4. The van der Waals surface area contributed by atoms with Crippen molar-refractivity contribution in [3.63, 3.8) is 0 Å². The number of carbonyl (C=O) groups is 9. The van der Waals surface area contributed by atoms with Crippen molar-refractivity contribution in [2.24, 2.45) is 11.8 Å². The number of carbonyl (C=O) groups excluding carboxylic acids is 6. The molecule has 24 heteroatoms. The number of amides is 3. The van der Waals surface area contributed by atoms with E-state index in [1.54, 1.807) is 13.8 Å². The number of ether oxygens (including phenoxy) is 2. The number of nitrogens with zero attached hydrogens (tertiary/aromatic N) is 3. The Morgan fingerprint density at radius 3 is 1.92 bits per heavy atom. The fourth-order valence-electron chi connectivity index (χ4n) is 5.64. The average Bonchev–Trinajstić information content (AvgIpc) is 3.74. The van der Waals surface area contributed by atoms with Gasteiger partial charge >= 0.3 is 17.9 Å². The minimum Gasteiger partial charge on any atom is -0.481 e. The average molecular weight is 920 g/mol. The van der Waals surface area contributed by atoms with Crippen LogP contribution in [0.1, 0.15) is 129 Å². The number of carboxylic acids is 3. The zero-order chi connectivity index (χ0) is 47.6. The summed E-state index contributed by atoms with van der Waals surface area (Å²) in [5.41, 5.74) is 0. The monoisotopic (exact) mass is 919 g/mol. The Hall–Kier alpha value is -5.23. The molecule has 3 amide bonds. The molecule has 0 bridgehead atoms.